The number of fused-ring (bicyclic) bond motifs is 1. The van der Waals surface area contributed by atoms with Gasteiger partial charge in [0.05, 0.1) is 12.1 Å². The highest BCUT2D eigenvalue weighted by atomic mass is 19.2. The Morgan fingerprint density at radius 2 is 2.07 bits per heavy atom. The molecule has 1 aromatic carbocycles. The second-order valence-electron chi connectivity index (χ2n) is 2.93. The Bertz CT molecular complexity index is 485. The van der Waals surface area contributed by atoms with Crippen molar-refractivity contribution in [2.75, 3.05) is 0 Å². The summed E-state index contributed by atoms with van der Waals surface area (Å²) in [7, 11) is 0. The molecule has 4 heteroatoms. The zero-order valence-electron chi connectivity index (χ0n) is 7.17. The van der Waals surface area contributed by atoms with Crippen molar-refractivity contribution in [1.82, 2.24) is 4.98 Å². The van der Waals surface area contributed by atoms with E-state index in [0.717, 1.165) is 6.07 Å². The van der Waals surface area contributed by atoms with Gasteiger partial charge in [0.1, 0.15) is 0 Å². The van der Waals surface area contributed by atoms with E-state index in [0.29, 0.717) is 11.1 Å². The highest BCUT2D eigenvalue weighted by Gasteiger charge is 2.07. The lowest BCUT2D eigenvalue weighted by atomic mass is 10.1. The third kappa shape index (κ3) is 1.33. The van der Waals surface area contributed by atoms with Crippen LogP contribution in [0.5, 0.6) is 0 Å². The second-order valence-corrected chi connectivity index (χ2v) is 2.93. The summed E-state index contributed by atoms with van der Waals surface area (Å²) in [6.07, 6.45) is 1.43. The SMILES string of the molecule is OCc1cnc2ccc(F)c(F)c2c1. The average molecular weight is 195 g/mol. The Morgan fingerprint density at radius 1 is 1.29 bits per heavy atom. The molecule has 0 aliphatic carbocycles. The zero-order chi connectivity index (χ0) is 10.1. The molecule has 1 aromatic heterocycles. The van der Waals surface area contributed by atoms with Gasteiger partial charge >= 0.3 is 0 Å². The number of benzene rings is 1. The molecule has 2 aromatic rings. The minimum absolute atomic E-state index is 0.0940. The highest BCUT2D eigenvalue weighted by molar-refractivity contribution is 5.79. The topological polar surface area (TPSA) is 33.1 Å². The van der Waals surface area contributed by atoms with Crippen LogP contribution in [-0.4, -0.2) is 10.1 Å². The summed E-state index contributed by atoms with van der Waals surface area (Å²) in [5.41, 5.74) is 0.836. The van der Waals surface area contributed by atoms with Crippen molar-refractivity contribution in [3.05, 3.63) is 41.6 Å². The molecule has 14 heavy (non-hydrogen) atoms. The van der Waals surface area contributed by atoms with E-state index in [9.17, 15) is 8.78 Å². The first kappa shape index (κ1) is 9.02. The van der Waals surface area contributed by atoms with Gasteiger partial charge in [-0.05, 0) is 23.8 Å². The highest BCUT2D eigenvalue weighted by Crippen LogP contribution is 2.19. The molecule has 0 saturated heterocycles. The summed E-state index contributed by atoms with van der Waals surface area (Å²) in [5.74, 6) is -1.83. The van der Waals surface area contributed by atoms with Crippen molar-refractivity contribution in [1.29, 1.82) is 0 Å². The summed E-state index contributed by atoms with van der Waals surface area (Å²) in [5, 5.41) is 8.90. The van der Waals surface area contributed by atoms with Crippen LogP contribution in [0, 0.1) is 11.6 Å². The Balaban J connectivity index is 2.78. The summed E-state index contributed by atoms with van der Waals surface area (Å²) in [4.78, 5) is 3.89. The number of hydrogen-bond donors (Lipinski definition) is 1. The van der Waals surface area contributed by atoms with E-state index in [1.54, 1.807) is 0 Å². The Hall–Kier alpha value is -1.55. The van der Waals surface area contributed by atoms with Crippen molar-refractivity contribution in [2.24, 2.45) is 0 Å². The van der Waals surface area contributed by atoms with Crippen LogP contribution in [0.4, 0.5) is 8.78 Å². The van der Waals surface area contributed by atoms with E-state index < -0.39 is 11.6 Å². The van der Waals surface area contributed by atoms with E-state index in [2.05, 4.69) is 4.98 Å². The largest absolute Gasteiger partial charge is 0.392 e. The molecule has 0 amide bonds. The molecule has 0 spiro atoms. The molecule has 0 fully saturated rings. The molecule has 0 saturated carbocycles. The fourth-order valence-corrected chi connectivity index (χ4v) is 1.27. The van der Waals surface area contributed by atoms with Crippen LogP contribution in [0.25, 0.3) is 10.9 Å². The number of hydrogen-bond acceptors (Lipinski definition) is 2. The fraction of sp³-hybridized carbons (Fsp3) is 0.100. The molecule has 0 bridgehead atoms. The maximum atomic E-state index is 13.2. The molecular weight excluding hydrogens is 188 g/mol. The lowest BCUT2D eigenvalue weighted by molar-refractivity contribution is 0.281. The minimum atomic E-state index is -0.926. The summed E-state index contributed by atoms with van der Waals surface area (Å²) >= 11 is 0. The molecule has 0 aliphatic rings. The first-order chi connectivity index (χ1) is 6.72. The lowest BCUT2D eigenvalue weighted by Crippen LogP contribution is -1.91. The average Bonchev–Trinajstić information content (AvgIpc) is 2.23. The van der Waals surface area contributed by atoms with Crippen LogP contribution in [0.2, 0.25) is 0 Å². The number of nitrogens with zero attached hydrogens (tertiary/aromatic N) is 1. The molecular formula is C10H7F2NO. The van der Waals surface area contributed by atoms with E-state index in [-0.39, 0.29) is 12.0 Å². The predicted octanol–water partition coefficient (Wildman–Crippen LogP) is 2.01. The summed E-state index contributed by atoms with van der Waals surface area (Å²) in [6, 6.07) is 3.82. The fourth-order valence-electron chi connectivity index (χ4n) is 1.27. The van der Waals surface area contributed by atoms with Gasteiger partial charge in [-0.2, -0.15) is 0 Å². The number of pyridine rings is 1. The van der Waals surface area contributed by atoms with Crippen LogP contribution in [-0.2, 0) is 6.61 Å². The Labute approximate surface area is 78.8 Å². The molecule has 2 rings (SSSR count). The van der Waals surface area contributed by atoms with Crippen LogP contribution in [0.1, 0.15) is 5.56 Å². The van der Waals surface area contributed by atoms with E-state index in [1.165, 1.54) is 18.3 Å². The monoisotopic (exact) mass is 195 g/mol. The van der Waals surface area contributed by atoms with Crippen molar-refractivity contribution in [3.63, 3.8) is 0 Å². The number of aliphatic hydroxyl groups is 1. The molecule has 1 N–H and O–H groups in total. The maximum absolute atomic E-state index is 13.2. The maximum Gasteiger partial charge on any atom is 0.168 e. The molecule has 2 nitrogen and oxygen atoms in total. The van der Waals surface area contributed by atoms with Crippen molar-refractivity contribution < 1.29 is 13.9 Å². The molecule has 0 unspecified atom stereocenters. The molecule has 1 heterocycles. The predicted molar refractivity (Wildman–Crippen MR) is 47.6 cm³/mol. The van der Waals surface area contributed by atoms with Gasteiger partial charge < -0.3 is 5.11 Å². The Morgan fingerprint density at radius 3 is 2.79 bits per heavy atom. The van der Waals surface area contributed by atoms with Gasteiger partial charge in [0.25, 0.3) is 0 Å². The van der Waals surface area contributed by atoms with Gasteiger partial charge in [-0.15, -0.1) is 0 Å². The smallest absolute Gasteiger partial charge is 0.168 e. The van der Waals surface area contributed by atoms with E-state index >= 15 is 0 Å². The van der Waals surface area contributed by atoms with Gasteiger partial charge in [-0.3, -0.25) is 4.98 Å². The molecule has 0 aliphatic heterocycles. The van der Waals surface area contributed by atoms with E-state index in [4.69, 9.17) is 5.11 Å². The molecule has 0 atom stereocenters. The van der Waals surface area contributed by atoms with Crippen LogP contribution >= 0.6 is 0 Å². The number of aromatic nitrogens is 1. The Kier molecular flexibility index (Phi) is 2.13. The summed E-state index contributed by atoms with van der Waals surface area (Å²) in [6.45, 7) is -0.237. The lowest BCUT2D eigenvalue weighted by Gasteiger charge is -2.01. The third-order valence-corrected chi connectivity index (χ3v) is 1.99. The first-order valence-electron chi connectivity index (χ1n) is 4.06. The number of halogens is 2. The van der Waals surface area contributed by atoms with E-state index in [1.807, 2.05) is 0 Å². The first-order valence-corrected chi connectivity index (χ1v) is 4.06. The standard InChI is InChI=1S/C10H7F2NO/c11-8-1-2-9-7(10(8)12)3-6(5-14)4-13-9/h1-4,14H,5H2. The number of rotatable bonds is 1. The van der Waals surface area contributed by atoms with Gasteiger partial charge in [0.15, 0.2) is 11.6 Å². The number of aliphatic hydroxyl groups excluding tert-OH is 1. The van der Waals surface area contributed by atoms with Crippen LogP contribution < -0.4 is 0 Å². The van der Waals surface area contributed by atoms with Crippen molar-refractivity contribution >= 4 is 10.9 Å². The molecule has 0 radical (unpaired) electrons. The van der Waals surface area contributed by atoms with Gasteiger partial charge in [-0.1, -0.05) is 0 Å². The molecule has 72 valence electrons. The zero-order valence-corrected chi connectivity index (χ0v) is 7.17. The van der Waals surface area contributed by atoms with Crippen LogP contribution in [0.15, 0.2) is 24.4 Å². The van der Waals surface area contributed by atoms with Crippen LogP contribution in [0.3, 0.4) is 0 Å². The summed E-state index contributed by atoms with van der Waals surface area (Å²) < 4.78 is 26.0. The van der Waals surface area contributed by atoms with Crippen molar-refractivity contribution in [2.45, 2.75) is 6.61 Å². The van der Waals surface area contributed by atoms with Crippen molar-refractivity contribution in [3.8, 4) is 0 Å². The van der Waals surface area contributed by atoms with Gasteiger partial charge in [0.2, 0.25) is 0 Å². The quantitative estimate of drug-likeness (QED) is 0.755. The third-order valence-electron chi connectivity index (χ3n) is 1.99. The normalized spacial score (nSPS) is 10.8. The van der Waals surface area contributed by atoms with Gasteiger partial charge in [-0.25, -0.2) is 8.78 Å². The minimum Gasteiger partial charge on any atom is -0.392 e. The van der Waals surface area contributed by atoms with Gasteiger partial charge in [0, 0.05) is 11.6 Å². The second kappa shape index (κ2) is 3.31.